The number of hydrogen-bond acceptors (Lipinski definition) is 0. The maximum Gasteiger partial charge on any atom is -0.0293 e. The van der Waals surface area contributed by atoms with E-state index < -0.39 is 0 Å². The standard InChI is InChI=1S/C5H10.C4H8/c1-4-5(2)3;1-4(2)3/h4-5H,1H2,2-3H3;1H2,2-3H3. The quantitative estimate of drug-likeness (QED) is 0.472. The summed E-state index contributed by atoms with van der Waals surface area (Å²) in [4.78, 5) is 0. The Morgan fingerprint density at radius 2 is 1.44 bits per heavy atom. The summed E-state index contributed by atoms with van der Waals surface area (Å²) in [6, 6.07) is 0. The van der Waals surface area contributed by atoms with Crippen molar-refractivity contribution in [3.63, 3.8) is 0 Å². The minimum Gasteiger partial charge on any atom is -0.103 e. The molecule has 0 radical (unpaired) electrons. The zero-order valence-corrected chi connectivity index (χ0v) is 7.07. The zero-order valence-electron chi connectivity index (χ0n) is 7.07. The van der Waals surface area contributed by atoms with Crippen LogP contribution in [-0.4, -0.2) is 0 Å². The molecule has 0 unspecified atom stereocenters. The first-order valence-electron chi connectivity index (χ1n) is 3.25. The molecule has 0 aliphatic heterocycles. The van der Waals surface area contributed by atoms with E-state index >= 15 is 0 Å². The highest BCUT2D eigenvalue weighted by molar-refractivity contribution is 4.78. The molecule has 0 saturated carbocycles. The Morgan fingerprint density at radius 1 is 1.33 bits per heavy atom. The van der Waals surface area contributed by atoms with Crippen LogP contribution in [0.3, 0.4) is 0 Å². The Balaban J connectivity index is 0. The van der Waals surface area contributed by atoms with Crippen LogP contribution >= 0.6 is 0 Å². The Morgan fingerprint density at radius 3 is 1.44 bits per heavy atom. The highest BCUT2D eigenvalue weighted by atomic mass is 13.8. The summed E-state index contributed by atoms with van der Waals surface area (Å²) in [5.74, 6) is 0.648. The Bertz CT molecular complexity index is 74.0. The molecule has 0 aromatic carbocycles. The van der Waals surface area contributed by atoms with E-state index in [1.165, 1.54) is 5.57 Å². The summed E-state index contributed by atoms with van der Waals surface area (Å²) in [6.45, 7) is 15.3. The van der Waals surface area contributed by atoms with Gasteiger partial charge in [-0.2, -0.15) is 0 Å². The lowest BCUT2D eigenvalue weighted by atomic mass is 10.2. The molecule has 9 heavy (non-hydrogen) atoms. The molecule has 0 aliphatic rings. The average molecular weight is 126 g/mol. The SMILES string of the molecule is C=C(C)C.C=CC(C)C. The molecule has 0 N–H and O–H groups in total. The monoisotopic (exact) mass is 126 g/mol. The first-order valence-corrected chi connectivity index (χ1v) is 3.25. The first-order chi connectivity index (χ1) is 4.00. The second kappa shape index (κ2) is 7.48. The van der Waals surface area contributed by atoms with Gasteiger partial charge in [0.2, 0.25) is 0 Å². The molecule has 54 valence electrons. The molecule has 0 heterocycles. The smallest absolute Gasteiger partial charge is 0.0293 e. The van der Waals surface area contributed by atoms with E-state index in [1.54, 1.807) is 0 Å². The molecule has 0 heteroatoms. The summed E-state index contributed by atoms with van der Waals surface area (Å²) in [5, 5.41) is 0. The number of rotatable bonds is 1. The minimum atomic E-state index is 0.648. The highest BCUT2D eigenvalue weighted by Crippen LogP contribution is 1.87. The van der Waals surface area contributed by atoms with Gasteiger partial charge in [0.1, 0.15) is 0 Å². The van der Waals surface area contributed by atoms with Crippen molar-refractivity contribution >= 4 is 0 Å². The van der Waals surface area contributed by atoms with Gasteiger partial charge in [0.05, 0.1) is 0 Å². The van der Waals surface area contributed by atoms with Crippen molar-refractivity contribution in [3.05, 3.63) is 24.8 Å². The van der Waals surface area contributed by atoms with E-state index in [4.69, 9.17) is 0 Å². The Labute approximate surface area is 59.3 Å². The second-order valence-electron chi connectivity index (χ2n) is 2.69. The maximum absolute atomic E-state index is 3.56. The van der Waals surface area contributed by atoms with E-state index in [9.17, 15) is 0 Å². The topological polar surface area (TPSA) is 0 Å². The molecule has 0 rings (SSSR count). The van der Waals surface area contributed by atoms with Crippen molar-refractivity contribution in [3.8, 4) is 0 Å². The fourth-order valence-electron chi connectivity index (χ4n) is 0. The lowest BCUT2D eigenvalue weighted by Crippen LogP contribution is -1.71. The summed E-state index contributed by atoms with van der Waals surface area (Å²) in [7, 11) is 0. The van der Waals surface area contributed by atoms with Crippen molar-refractivity contribution in [2.45, 2.75) is 27.7 Å². The van der Waals surface area contributed by atoms with Gasteiger partial charge in [-0.15, -0.1) is 13.2 Å². The van der Waals surface area contributed by atoms with Gasteiger partial charge in [-0.25, -0.2) is 0 Å². The van der Waals surface area contributed by atoms with Crippen LogP contribution in [-0.2, 0) is 0 Å². The van der Waals surface area contributed by atoms with Crippen LogP contribution in [0.15, 0.2) is 24.8 Å². The Hall–Kier alpha value is -0.520. The molecule has 0 bridgehead atoms. The van der Waals surface area contributed by atoms with Crippen LogP contribution in [0.5, 0.6) is 0 Å². The van der Waals surface area contributed by atoms with Gasteiger partial charge >= 0.3 is 0 Å². The third kappa shape index (κ3) is 103. The molecule has 0 spiro atoms. The van der Waals surface area contributed by atoms with E-state index in [-0.39, 0.29) is 0 Å². The van der Waals surface area contributed by atoms with Crippen LogP contribution in [0.1, 0.15) is 27.7 Å². The number of allylic oxidation sites excluding steroid dienone is 2. The second-order valence-corrected chi connectivity index (χ2v) is 2.69. The molecule has 0 saturated heterocycles. The minimum absolute atomic E-state index is 0.648. The van der Waals surface area contributed by atoms with Crippen molar-refractivity contribution in [2.24, 2.45) is 5.92 Å². The summed E-state index contributed by atoms with van der Waals surface area (Å²) < 4.78 is 0. The Kier molecular flexibility index (Phi) is 9.39. The lowest BCUT2D eigenvalue weighted by Gasteiger charge is -1.84. The summed E-state index contributed by atoms with van der Waals surface area (Å²) >= 11 is 0. The van der Waals surface area contributed by atoms with Gasteiger partial charge in [-0.3, -0.25) is 0 Å². The fraction of sp³-hybridized carbons (Fsp3) is 0.556. The molecule has 0 fully saturated rings. The van der Waals surface area contributed by atoms with Gasteiger partial charge < -0.3 is 0 Å². The van der Waals surface area contributed by atoms with Crippen LogP contribution in [0.4, 0.5) is 0 Å². The normalized spacial score (nSPS) is 7.67. The molecule has 0 aliphatic carbocycles. The number of hydrogen-bond donors (Lipinski definition) is 0. The molecular weight excluding hydrogens is 108 g/mol. The molecule has 0 atom stereocenters. The van der Waals surface area contributed by atoms with Crippen molar-refractivity contribution < 1.29 is 0 Å². The van der Waals surface area contributed by atoms with Crippen LogP contribution in [0.25, 0.3) is 0 Å². The fourth-order valence-corrected chi connectivity index (χ4v) is 0. The van der Waals surface area contributed by atoms with Gasteiger partial charge in [0, 0.05) is 0 Å². The van der Waals surface area contributed by atoms with E-state index in [2.05, 4.69) is 27.0 Å². The van der Waals surface area contributed by atoms with Crippen molar-refractivity contribution in [1.29, 1.82) is 0 Å². The molecule has 0 aromatic heterocycles. The summed E-state index contributed by atoms with van der Waals surface area (Å²) in [6.07, 6.45) is 1.92. The molecule has 0 aromatic rings. The highest BCUT2D eigenvalue weighted by Gasteiger charge is 1.73. The van der Waals surface area contributed by atoms with Crippen LogP contribution in [0.2, 0.25) is 0 Å². The van der Waals surface area contributed by atoms with Crippen molar-refractivity contribution in [1.82, 2.24) is 0 Å². The largest absolute Gasteiger partial charge is 0.103 e. The molecule has 0 nitrogen and oxygen atoms in total. The van der Waals surface area contributed by atoms with E-state index in [1.807, 2.05) is 19.9 Å². The van der Waals surface area contributed by atoms with Gasteiger partial charge in [-0.05, 0) is 19.8 Å². The third-order valence-electron chi connectivity index (χ3n) is 0.471. The van der Waals surface area contributed by atoms with E-state index in [0.29, 0.717) is 5.92 Å². The van der Waals surface area contributed by atoms with Gasteiger partial charge in [0.15, 0.2) is 0 Å². The lowest BCUT2D eigenvalue weighted by molar-refractivity contribution is 0.835. The average Bonchev–Trinajstić information content (AvgIpc) is 1.65. The van der Waals surface area contributed by atoms with Crippen LogP contribution in [0, 0.1) is 5.92 Å². The molecule has 0 amide bonds. The predicted octanol–water partition coefficient (Wildman–Crippen LogP) is 3.41. The first kappa shape index (κ1) is 11.3. The molecular formula is C9H18. The maximum atomic E-state index is 3.56. The van der Waals surface area contributed by atoms with Gasteiger partial charge in [-0.1, -0.05) is 25.5 Å². The third-order valence-corrected chi connectivity index (χ3v) is 0.471. The predicted molar refractivity (Wildman–Crippen MR) is 45.5 cm³/mol. The van der Waals surface area contributed by atoms with Crippen molar-refractivity contribution in [2.75, 3.05) is 0 Å². The summed E-state index contributed by atoms with van der Waals surface area (Å²) in [5.41, 5.74) is 1.17. The van der Waals surface area contributed by atoms with Crippen LogP contribution < -0.4 is 0 Å². The van der Waals surface area contributed by atoms with E-state index in [0.717, 1.165) is 0 Å². The zero-order chi connectivity index (χ0) is 7.86. The van der Waals surface area contributed by atoms with Gasteiger partial charge in [0.25, 0.3) is 0 Å².